The molecule has 0 amide bonds. The number of ether oxygens (including phenoxy) is 1. The van der Waals surface area contributed by atoms with Gasteiger partial charge >= 0.3 is 5.97 Å². The second kappa shape index (κ2) is 10.1. The van der Waals surface area contributed by atoms with Gasteiger partial charge in [-0.05, 0) is 36.2 Å². The van der Waals surface area contributed by atoms with Crippen LogP contribution >= 0.6 is 0 Å². The molecule has 2 aromatic rings. The van der Waals surface area contributed by atoms with Crippen molar-refractivity contribution >= 4 is 17.4 Å². The first-order chi connectivity index (χ1) is 12.6. The SMILES string of the molecule is CCCN(CC(=N)CN=O)c1ccc(C(=O)OCc2ccccc2)cc1. The van der Waals surface area contributed by atoms with Crippen molar-refractivity contribution in [3.63, 3.8) is 0 Å². The largest absolute Gasteiger partial charge is 0.457 e. The van der Waals surface area contributed by atoms with Gasteiger partial charge in [0.2, 0.25) is 0 Å². The number of nitroso groups, excluding NO2 is 1. The molecule has 0 aromatic heterocycles. The standard InChI is InChI=1S/C20H23N3O3/c1-2-12-23(14-18(21)13-22-25)19-10-8-17(9-11-19)20(24)26-15-16-6-4-3-5-7-16/h3-11,21H,2,12-15H2,1H3. The Morgan fingerprint density at radius 2 is 1.81 bits per heavy atom. The maximum Gasteiger partial charge on any atom is 0.338 e. The van der Waals surface area contributed by atoms with Crippen LogP contribution in [-0.2, 0) is 11.3 Å². The van der Waals surface area contributed by atoms with E-state index in [1.165, 1.54) is 0 Å². The molecule has 0 saturated heterocycles. The highest BCUT2D eigenvalue weighted by Crippen LogP contribution is 2.17. The Morgan fingerprint density at radius 3 is 2.42 bits per heavy atom. The Kier molecular flexibility index (Phi) is 7.49. The lowest BCUT2D eigenvalue weighted by Gasteiger charge is -2.24. The minimum absolute atomic E-state index is 0.107. The molecule has 2 aromatic carbocycles. The highest BCUT2D eigenvalue weighted by atomic mass is 16.5. The lowest BCUT2D eigenvalue weighted by Crippen LogP contribution is -2.31. The van der Waals surface area contributed by atoms with Crippen molar-refractivity contribution in [1.29, 1.82) is 5.41 Å². The summed E-state index contributed by atoms with van der Waals surface area (Å²) in [5.74, 6) is -0.375. The third kappa shape index (κ3) is 5.81. The molecule has 0 saturated carbocycles. The van der Waals surface area contributed by atoms with Crippen molar-refractivity contribution in [2.45, 2.75) is 20.0 Å². The zero-order valence-electron chi connectivity index (χ0n) is 14.9. The lowest BCUT2D eigenvalue weighted by molar-refractivity contribution is 0.0472. The first kappa shape index (κ1) is 19.3. The van der Waals surface area contributed by atoms with Crippen LogP contribution in [0.4, 0.5) is 5.69 Å². The number of benzene rings is 2. The van der Waals surface area contributed by atoms with Crippen molar-refractivity contribution in [1.82, 2.24) is 0 Å². The van der Waals surface area contributed by atoms with E-state index in [1.807, 2.05) is 54.3 Å². The van der Waals surface area contributed by atoms with Gasteiger partial charge in [-0.25, -0.2) is 4.79 Å². The average Bonchev–Trinajstić information content (AvgIpc) is 2.67. The molecular formula is C20H23N3O3. The van der Waals surface area contributed by atoms with Gasteiger partial charge in [0.05, 0.1) is 17.8 Å². The molecule has 0 unspecified atom stereocenters. The average molecular weight is 353 g/mol. The summed E-state index contributed by atoms with van der Waals surface area (Å²) in [6, 6.07) is 16.6. The number of nitrogens with zero attached hydrogens (tertiary/aromatic N) is 2. The highest BCUT2D eigenvalue weighted by Gasteiger charge is 2.11. The molecule has 26 heavy (non-hydrogen) atoms. The molecule has 136 valence electrons. The van der Waals surface area contributed by atoms with Crippen LogP contribution in [0.1, 0.15) is 29.3 Å². The predicted molar refractivity (Wildman–Crippen MR) is 103 cm³/mol. The number of hydrogen-bond acceptors (Lipinski definition) is 6. The zero-order chi connectivity index (χ0) is 18.8. The molecule has 0 radical (unpaired) electrons. The number of hydrogen-bond donors (Lipinski definition) is 1. The first-order valence-corrected chi connectivity index (χ1v) is 8.55. The molecular weight excluding hydrogens is 330 g/mol. The maximum absolute atomic E-state index is 12.2. The van der Waals surface area contributed by atoms with Gasteiger partial charge < -0.3 is 15.0 Å². The van der Waals surface area contributed by atoms with Crippen LogP contribution in [0.2, 0.25) is 0 Å². The Labute approximate surface area is 153 Å². The molecule has 6 heteroatoms. The summed E-state index contributed by atoms with van der Waals surface area (Å²) in [7, 11) is 0. The minimum atomic E-state index is -0.375. The number of carbonyl (C=O) groups is 1. The first-order valence-electron chi connectivity index (χ1n) is 8.55. The molecule has 0 aliphatic rings. The van der Waals surface area contributed by atoms with Crippen molar-refractivity contribution in [2.75, 3.05) is 24.5 Å². The van der Waals surface area contributed by atoms with Gasteiger partial charge in [0.15, 0.2) is 0 Å². The Morgan fingerprint density at radius 1 is 1.12 bits per heavy atom. The molecule has 0 bridgehead atoms. The summed E-state index contributed by atoms with van der Waals surface area (Å²) in [6.45, 7) is 3.27. The van der Waals surface area contributed by atoms with Crippen LogP contribution in [-0.4, -0.2) is 31.3 Å². The lowest BCUT2D eigenvalue weighted by atomic mass is 10.1. The molecule has 0 fully saturated rings. The number of esters is 1. The summed E-state index contributed by atoms with van der Waals surface area (Å²) in [5, 5.41) is 10.5. The normalized spacial score (nSPS) is 10.2. The van der Waals surface area contributed by atoms with E-state index in [0.29, 0.717) is 12.1 Å². The van der Waals surface area contributed by atoms with Crippen LogP contribution in [0.25, 0.3) is 0 Å². The van der Waals surface area contributed by atoms with Crippen molar-refractivity contribution in [3.8, 4) is 0 Å². The summed E-state index contributed by atoms with van der Waals surface area (Å²) in [5.41, 5.74) is 2.57. The van der Waals surface area contributed by atoms with Crippen molar-refractivity contribution in [2.24, 2.45) is 5.18 Å². The van der Waals surface area contributed by atoms with E-state index < -0.39 is 0 Å². The second-order valence-electron chi connectivity index (χ2n) is 5.92. The van der Waals surface area contributed by atoms with Crippen molar-refractivity contribution < 1.29 is 9.53 Å². The Hall–Kier alpha value is -3.02. The van der Waals surface area contributed by atoms with E-state index in [4.69, 9.17) is 10.1 Å². The molecule has 0 aliphatic carbocycles. The summed E-state index contributed by atoms with van der Waals surface area (Å²) in [4.78, 5) is 24.5. The Bertz CT molecular complexity index is 730. The van der Waals surface area contributed by atoms with Crippen LogP contribution in [0.15, 0.2) is 59.8 Å². The van der Waals surface area contributed by atoms with Gasteiger partial charge in [-0.2, -0.15) is 4.91 Å². The van der Waals surface area contributed by atoms with Gasteiger partial charge in [-0.1, -0.05) is 42.4 Å². The Balaban J connectivity index is 1.99. The molecule has 1 N–H and O–H groups in total. The van der Waals surface area contributed by atoms with Gasteiger partial charge in [0, 0.05) is 12.2 Å². The number of carbonyl (C=O) groups excluding carboxylic acids is 1. The summed E-state index contributed by atoms with van der Waals surface area (Å²) >= 11 is 0. The van der Waals surface area contributed by atoms with Gasteiger partial charge in [0.1, 0.15) is 13.2 Å². The highest BCUT2D eigenvalue weighted by molar-refractivity contribution is 5.90. The molecule has 0 atom stereocenters. The van der Waals surface area contributed by atoms with Crippen molar-refractivity contribution in [3.05, 3.63) is 70.6 Å². The third-order valence-corrected chi connectivity index (χ3v) is 3.81. The van der Waals surface area contributed by atoms with Gasteiger partial charge in [0.25, 0.3) is 0 Å². The van der Waals surface area contributed by atoms with Crippen LogP contribution < -0.4 is 4.90 Å². The molecule has 0 heterocycles. The van der Waals surface area contributed by atoms with E-state index in [2.05, 4.69) is 5.18 Å². The molecule has 2 rings (SSSR count). The summed E-state index contributed by atoms with van der Waals surface area (Å²) in [6.07, 6.45) is 0.905. The van der Waals surface area contributed by atoms with E-state index in [-0.39, 0.29) is 24.8 Å². The predicted octanol–water partition coefficient (Wildman–Crippen LogP) is 4.05. The van der Waals surface area contributed by atoms with Crippen LogP contribution in [0.5, 0.6) is 0 Å². The van der Waals surface area contributed by atoms with Gasteiger partial charge in [-0.15, -0.1) is 0 Å². The van der Waals surface area contributed by atoms with E-state index in [9.17, 15) is 9.70 Å². The van der Waals surface area contributed by atoms with E-state index in [0.717, 1.165) is 24.2 Å². The molecule has 6 nitrogen and oxygen atoms in total. The second-order valence-corrected chi connectivity index (χ2v) is 5.92. The molecule has 0 spiro atoms. The smallest absolute Gasteiger partial charge is 0.338 e. The quantitative estimate of drug-likeness (QED) is 0.397. The van der Waals surface area contributed by atoms with Crippen LogP contribution in [0, 0.1) is 10.3 Å². The fraction of sp³-hybridized carbons (Fsp3) is 0.300. The van der Waals surface area contributed by atoms with E-state index in [1.54, 1.807) is 12.1 Å². The fourth-order valence-electron chi connectivity index (χ4n) is 2.54. The zero-order valence-corrected chi connectivity index (χ0v) is 14.9. The minimum Gasteiger partial charge on any atom is -0.457 e. The third-order valence-electron chi connectivity index (χ3n) is 3.81. The summed E-state index contributed by atoms with van der Waals surface area (Å²) < 4.78 is 5.32. The maximum atomic E-state index is 12.2. The van der Waals surface area contributed by atoms with E-state index >= 15 is 0 Å². The number of rotatable bonds is 10. The van der Waals surface area contributed by atoms with Gasteiger partial charge in [-0.3, -0.25) is 0 Å². The fourth-order valence-corrected chi connectivity index (χ4v) is 2.54. The number of nitrogens with one attached hydrogen (secondary N) is 1. The molecule has 0 aliphatic heterocycles. The van der Waals surface area contributed by atoms with Crippen LogP contribution in [0.3, 0.4) is 0 Å². The number of anilines is 1. The monoisotopic (exact) mass is 353 g/mol. The topological polar surface area (TPSA) is 82.8 Å².